The highest BCUT2D eigenvalue weighted by Gasteiger charge is 2.24. The summed E-state index contributed by atoms with van der Waals surface area (Å²) in [5.41, 5.74) is -0.161. The van der Waals surface area contributed by atoms with Gasteiger partial charge in [-0.25, -0.2) is 22.6 Å². The molecule has 3 rings (SSSR count). The maximum Gasteiger partial charge on any atom is 0.345 e. The summed E-state index contributed by atoms with van der Waals surface area (Å²) >= 11 is 0. The van der Waals surface area contributed by atoms with Crippen LogP contribution >= 0.6 is 0 Å². The largest absolute Gasteiger partial charge is 0.345 e. The molecule has 2 aromatic rings. The highest BCUT2D eigenvalue weighted by molar-refractivity contribution is 7.89. The zero-order valence-corrected chi connectivity index (χ0v) is 13.0. The Hall–Kier alpha value is -2.00. The minimum Gasteiger partial charge on any atom is -0.279 e. The third kappa shape index (κ3) is 2.81. The molecule has 0 fully saturated rings. The number of aromatic nitrogens is 4. The molecule has 0 bridgehead atoms. The molecule has 0 radical (unpaired) electrons. The van der Waals surface area contributed by atoms with Crippen LogP contribution in [0.5, 0.6) is 0 Å². The Bertz CT molecular complexity index is 825. The maximum atomic E-state index is 12.3. The number of pyridine rings is 1. The van der Waals surface area contributed by atoms with E-state index in [1.54, 1.807) is 17.7 Å². The third-order valence-corrected chi connectivity index (χ3v) is 5.27. The molecule has 1 aliphatic heterocycles. The van der Waals surface area contributed by atoms with Gasteiger partial charge in [-0.1, -0.05) is 0 Å². The summed E-state index contributed by atoms with van der Waals surface area (Å²) in [6.07, 6.45) is 4.57. The van der Waals surface area contributed by atoms with Crippen molar-refractivity contribution in [3.05, 3.63) is 40.8 Å². The minimum absolute atomic E-state index is 0.146. The standard InChI is InChI=1S/C13H17N5O3S/c1-17-13(19)18-8-6-10(4-5-12(18)15-17)16-22(20,21)11-3-2-7-14-9-11/h2-3,7,9-10,16H,4-6,8H2,1H3. The van der Waals surface area contributed by atoms with Crippen LogP contribution in [-0.2, 0) is 30.0 Å². The Morgan fingerprint density at radius 1 is 1.36 bits per heavy atom. The van der Waals surface area contributed by atoms with E-state index in [2.05, 4.69) is 14.8 Å². The van der Waals surface area contributed by atoms with Crippen molar-refractivity contribution in [1.82, 2.24) is 24.1 Å². The zero-order valence-electron chi connectivity index (χ0n) is 12.1. The van der Waals surface area contributed by atoms with Gasteiger partial charge in [-0.05, 0) is 25.0 Å². The molecule has 3 heterocycles. The van der Waals surface area contributed by atoms with Crippen molar-refractivity contribution >= 4 is 10.0 Å². The van der Waals surface area contributed by atoms with E-state index >= 15 is 0 Å². The van der Waals surface area contributed by atoms with Crippen LogP contribution in [0.1, 0.15) is 18.7 Å². The molecule has 1 N–H and O–H groups in total. The summed E-state index contributed by atoms with van der Waals surface area (Å²) < 4.78 is 30.2. The number of fused-ring (bicyclic) bond motifs is 1. The van der Waals surface area contributed by atoms with E-state index in [4.69, 9.17) is 0 Å². The van der Waals surface area contributed by atoms with Crippen molar-refractivity contribution in [3.63, 3.8) is 0 Å². The highest BCUT2D eigenvalue weighted by atomic mass is 32.2. The molecule has 0 spiro atoms. The predicted molar refractivity (Wildman–Crippen MR) is 78.8 cm³/mol. The van der Waals surface area contributed by atoms with E-state index in [-0.39, 0.29) is 16.6 Å². The maximum absolute atomic E-state index is 12.3. The molecule has 0 aliphatic carbocycles. The van der Waals surface area contributed by atoms with Crippen LogP contribution < -0.4 is 10.4 Å². The number of nitrogens with zero attached hydrogens (tertiary/aromatic N) is 4. The summed E-state index contributed by atoms with van der Waals surface area (Å²) in [6, 6.07) is 2.87. The van der Waals surface area contributed by atoms with Gasteiger partial charge in [0.1, 0.15) is 10.7 Å². The molecular weight excluding hydrogens is 306 g/mol. The van der Waals surface area contributed by atoms with Crippen molar-refractivity contribution in [2.75, 3.05) is 0 Å². The smallest absolute Gasteiger partial charge is 0.279 e. The summed E-state index contributed by atoms with van der Waals surface area (Å²) in [5, 5.41) is 4.18. The first-order valence-electron chi connectivity index (χ1n) is 7.02. The van der Waals surface area contributed by atoms with Gasteiger partial charge in [-0.2, -0.15) is 5.10 Å². The molecule has 9 heteroatoms. The van der Waals surface area contributed by atoms with Crippen LogP contribution in [0.4, 0.5) is 0 Å². The Balaban J connectivity index is 1.75. The molecule has 0 saturated carbocycles. The summed E-state index contributed by atoms with van der Waals surface area (Å²) in [4.78, 5) is 15.9. The van der Waals surface area contributed by atoms with Crippen LogP contribution in [0, 0.1) is 0 Å². The lowest BCUT2D eigenvalue weighted by atomic mass is 10.1. The second-order valence-corrected chi connectivity index (χ2v) is 7.02. The van der Waals surface area contributed by atoms with Crippen molar-refractivity contribution in [1.29, 1.82) is 0 Å². The van der Waals surface area contributed by atoms with Crippen molar-refractivity contribution in [3.8, 4) is 0 Å². The Kier molecular flexibility index (Phi) is 3.83. The van der Waals surface area contributed by atoms with Gasteiger partial charge in [-0.15, -0.1) is 0 Å². The molecule has 0 saturated heterocycles. The normalized spacial score (nSPS) is 18.7. The van der Waals surface area contributed by atoms with Gasteiger partial charge in [0.25, 0.3) is 0 Å². The number of hydrogen-bond acceptors (Lipinski definition) is 5. The van der Waals surface area contributed by atoms with E-state index < -0.39 is 10.0 Å². The average Bonchev–Trinajstić information content (AvgIpc) is 2.66. The quantitative estimate of drug-likeness (QED) is 0.833. The van der Waals surface area contributed by atoms with E-state index in [1.165, 1.54) is 23.1 Å². The number of nitrogens with one attached hydrogen (secondary N) is 1. The van der Waals surface area contributed by atoms with Crippen LogP contribution in [0.25, 0.3) is 0 Å². The van der Waals surface area contributed by atoms with Gasteiger partial charge in [-0.3, -0.25) is 9.55 Å². The lowest BCUT2D eigenvalue weighted by Crippen LogP contribution is -2.35. The molecule has 1 aliphatic rings. The van der Waals surface area contributed by atoms with Gasteiger partial charge in [0.05, 0.1) is 0 Å². The zero-order chi connectivity index (χ0) is 15.7. The first-order chi connectivity index (χ1) is 10.5. The second kappa shape index (κ2) is 5.65. The first kappa shape index (κ1) is 14.9. The summed E-state index contributed by atoms with van der Waals surface area (Å²) in [6.45, 7) is 0.461. The van der Waals surface area contributed by atoms with Gasteiger partial charge in [0.15, 0.2) is 0 Å². The molecule has 8 nitrogen and oxygen atoms in total. The first-order valence-corrected chi connectivity index (χ1v) is 8.51. The average molecular weight is 323 g/mol. The summed E-state index contributed by atoms with van der Waals surface area (Å²) in [7, 11) is -1.97. The van der Waals surface area contributed by atoms with E-state index in [0.717, 1.165) is 0 Å². The fourth-order valence-corrected chi connectivity index (χ4v) is 3.88. The second-order valence-electron chi connectivity index (χ2n) is 5.31. The van der Waals surface area contributed by atoms with Gasteiger partial charge in [0, 0.05) is 38.4 Å². The fourth-order valence-electron chi connectivity index (χ4n) is 2.61. The minimum atomic E-state index is -3.59. The van der Waals surface area contributed by atoms with Crippen LogP contribution in [0.3, 0.4) is 0 Å². The lowest BCUT2D eigenvalue weighted by Gasteiger charge is -2.15. The number of sulfonamides is 1. The van der Waals surface area contributed by atoms with Gasteiger partial charge in [0.2, 0.25) is 10.0 Å². The SMILES string of the molecule is Cn1nc2n(c1=O)CCC(NS(=O)(=O)c1cccnc1)CC2. The van der Waals surface area contributed by atoms with Crippen LogP contribution in [-0.4, -0.2) is 33.8 Å². The van der Waals surface area contributed by atoms with Crippen LogP contribution in [0.2, 0.25) is 0 Å². The number of aryl methyl sites for hydroxylation is 2. The lowest BCUT2D eigenvalue weighted by molar-refractivity contribution is 0.490. The molecule has 118 valence electrons. The molecular formula is C13H17N5O3S. The van der Waals surface area contributed by atoms with Crippen molar-refractivity contribution < 1.29 is 8.42 Å². The molecule has 2 aromatic heterocycles. The molecule has 1 atom stereocenters. The Labute approximate surface area is 127 Å². The number of hydrogen-bond donors (Lipinski definition) is 1. The Morgan fingerprint density at radius 3 is 2.91 bits per heavy atom. The van der Waals surface area contributed by atoms with Gasteiger partial charge < -0.3 is 0 Å². The van der Waals surface area contributed by atoms with Crippen molar-refractivity contribution in [2.24, 2.45) is 7.05 Å². The highest BCUT2D eigenvalue weighted by Crippen LogP contribution is 2.15. The monoisotopic (exact) mass is 323 g/mol. The topological polar surface area (TPSA) is 98.9 Å². The van der Waals surface area contributed by atoms with E-state index in [1.807, 2.05) is 0 Å². The fraction of sp³-hybridized carbons (Fsp3) is 0.462. The van der Waals surface area contributed by atoms with Gasteiger partial charge >= 0.3 is 5.69 Å². The van der Waals surface area contributed by atoms with E-state index in [0.29, 0.717) is 31.6 Å². The summed E-state index contributed by atoms with van der Waals surface area (Å²) in [5.74, 6) is 0.704. The molecule has 0 aromatic carbocycles. The molecule has 22 heavy (non-hydrogen) atoms. The number of rotatable bonds is 3. The molecule has 0 amide bonds. The van der Waals surface area contributed by atoms with Crippen molar-refractivity contribution in [2.45, 2.75) is 36.7 Å². The predicted octanol–water partition coefficient (Wildman–Crippen LogP) is -0.340. The molecule has 1 unspecified atom stereocenters. The van der Waals surface area contributed by atoms with E-state index in [9.17, 15) is 13.2 Å². The Morgan fingerprint density at radius 2 is 2.18 bits per heavy atom. The third-order valence-electron chi connectivity index (χ3n) is 3.77. The van der Waals surface area contributed by atoms with Crippen LogP contribution in [0.15, 0.2) is 34.2 Å².